The SMILES string of the molecule is C=CCCCCCC[C@@H]1CO1. The van der Waals surface area contributed by atoms with E-state index in [0.717, 1.165) is 6.61 Å². The zero-order valence-corrected chi connectivity index (χ0v) is 7.22. The van der Waals surface area contributed by atoms with Crippen LogP contribution in [0.5, 0.6) is 0 Å². The molecular formula is C10H18O. The van der Waals surface area contributed by atoms with Gasteiger partial charge in [-0.3, -0.25) is 0 Å². The predicted octanol–water partition coefficient (Wildman–Crippen LogP) is 2.91. The number of hydrogen-bond acceptors (Lipinski definition) is 1. The molecule has 1 atom stereocenters. The van der Waals surface area contributed by atoms with Crippen LogP contribution in [-0.2, 0) is 4.74 Å². The molecular weight excluding hydrogens is 136 g/mol. The molecule has 1 heteroatoms. The van der Waals surface area contributed by atoms with Crippen molar-refractivity contribution in [1.29, 1.82) is 0 Å². The maximum absolute atomic E-state index is 5.12. The van der Waals surface area contributed by atoms with Gasteiger partial charge in [0.1, 0.15) is 0 Å². The van der Waals surface area contributed by atoms with E-state index in [1.165, 1.54) is 38.5 Å². The average Bonchev–Trinajstić information content (AvgIpc) is 2.80. The van der Waals surface area contributed by atoms with Crippen LogP contribution in [0.15, 0.2) is 12.7 Å². The van der Waals surface area contributed by atoms with Gasteiger partial charge in [-0.15, -0.1) is 6.58 Å². The maximum atomic E-state index is 5.12. The fourth-order valence-corrected chi connectivity index (χ4v) is 1.25. The normalized spacial score (nSPS) is 21.6. The smallest absolute Gasteiger partial charge is 0.0810 e. The molecule has 1 fully saturated rings. The number of allylic oxidation sites excluding steroid dienone is 1. The number of hydrogen-bond donors (Lipinski definition) is 0. The largest absolute Gasteiger partial charge is 0.373 e. The molecule has 1 aliphatic rings. The van der Waals surface area contributed by atoms with Crippen LogP contribution in [-0.4, -0.2) is 12.7 Å². The molecule has 1 aliphatic heterocycles. The first kappa shape index (κ1) is 8.79. The van der Waals surface area contributed by atoms with Crippen molar-refractivity contribution in [3.8, 4) is 0 Å². The van der Waals surface area contributed by atoms with Gasteiger partial charge in [0, 0.05) is 0 Å². The van der Waals surface area contributed by atoms with Crippen LogP contribution in [0, 0.1) is 0 Å². The monoisotopic (exact) mass is 154 g/mol. The van der Waals surface area contributed by atoms with Crippen molar-refractivity contribution in [3.05, 3.63) is 12.7 Å². The fraction of sp³-hybridized carbons (Fsp3) is 0.800. The lowest BCUT2D eigenvalue weighted by atomic mass is 10.1. The Morgan fingerprint density at radius 2 is 2.00 bits per heavy atom. The summed E-state index contributed by atoms with van der Waals surface area (Å²) >= 11 is 0. The Morgan fingerprint density at radius 1 is 1.27 bits per heavy atom. The summed E-state index contributed by atoms with van der Waals surface area (Å²) in [6, 6.07) is 0. The van der Waals surface area contributed by atoms with E-state index in [0.29, 0.717) is 6.10 Å². The van der Waals surface area contributed by atoms with E-state index in [-0.39, 0.29) is 0 Å². The average molecular weight is 154 g/mol. The Morgan fingerprint density at radius 3 is 2.64 bits per heavy atom. The molecule has 64 valence electrons. The first-order chi connectivity index (χ1) is 5.43. The molecule has 0 amide bonds. The molecule has 1 saturated heterocycles. The minimum atomic E-state index is 0.634. The number of rotatable bonds is 7. The van der Waals surface area contributed by atoms with E-state index in [2.05, 4.69) is 6.58 Å². The minimum absolute atomic E-state index is 0.634. The summed E-state index contributed by atoms with van der Waals surface area (Å²) in [4.78, 5) is 0. The van der Waals surface area contributed by atoms with Crippen molar-refractivity contribution < 1.29 is 4.74 Å². The molecule has 0 radical (unpaired) electrons. The summed E-state index contributed by atoms with van der Waals surface area (Å²) in [5.41, 5.74) is 0. The van der Waals surface area contributed by atoms with E-state index in [1.54, 1.807) is 0 Å². The second-order valence-electron chi connectivity index (χ2n) is 3.24. The molecule has 0 aromatic carbocycles. The second-order valence-corrected chi connectivity index (χ2v) is 3.24. The molecule has 0 saturated carbocycles. The van der Waals surface area contributed by atoms with Gasteiger partial charge >= 0.3 is 0 Å². The van der Waals surface area contributed by atoms with Gasteiger partial charge in [-0.05, 0) is 19.3 Å². The predicted molar refractivity (Wildman–Crippen MR) is 47.6 cm³/mol. The first-order valence-electron chi connectivity index (χ1n) is 4.66. The molecule has 0 bridgehead atoms. The van der Waals surface area contributed by atoms with E-state index in [9.17, 15) is 0 Å². The third-order valence-electron chi connectivity index (χ3n) is 2.09. The van der Waals surface area contributed by atoms with Crippen molar-refractivity contribution in [1.82, 2.24) is 0 Å². The van der Waals surface area contributed by atoms with Crippen LogP contribution < -0.4 is 0 Å². The lowest BCUT2D eigenvalue weighted by Gasteiger charge is -1.96. The summed E-state index contributed by atoms with van der Waals surface area (Å²) in [6.07, 6.45) is 10.5. The maximum Gasteiger partial charge on any atom is 0.0810 e. The molecule has 0 aliphatic carbocycles. The quantitative estimate of drug-likeness (QED) is 0.312. The van der Waals surface area contributed by atoms with Gasteiger partial charge < -0.3 is 4.74 Å². The molecule has 0 unspecified atom stereocenters. The van der Waals surface area contributed by atoms with Crippen LogP contribution in [0.3, 0.4) is 0 Å². The van der Waals surface area contributed by atoms with Crippen LogP contribution in [0.1, 0.15) is 38.5 Å². The van der Waals surface area contributed by atoms with Gasteiger partial charge in [-0.2, -0.15) is 0 Å². The standard InChI is InChI=1S/C10H18O/c1-2-3-4-5-6-7-8-10-9-11-10/h2,10H,1,3-9H2/t10-/m1/s1. The van der Waals surface area contributed by atoms with Gasteiger partial charge in [0.25, 0.3) is 0 Å². The second kappa shape index (κ2) is 5.36. The van der Waals surface area contributed by atoms with Gasteiger partial charge in [-0.25, -0.2) is 0 Å². The highest BCUT2D eigenvalue weighted by Gasteiger charge is 2.20. The Labute approximate surface area is 69.4 Å². The molecule has 0 aromatic heterocycles. The van der Waals surface area contributed by atoms with E-state index in [4.69, 9.17) is 4.74 Å². The zero-order valence-electron chi connectivity index (χ0n) is 7.22. The van der Waals surface area contributed by atoms with Crippen LogP contribution in [0.4, 0.5) is 0 Å². The Bertz CT molecular complexity index is 105. The van der Waals surface area contributed by atoms with E-state index >= 15 is 0 Å². The lowest BCUT2D eigenvalue weighted by molar-refractivity contribution is 0.388. The molecule has 1 nitrogen and oxygen atoms in total. The minimum Gasteiger partial charge on any atom is -0.373 e. The van der Waals surface area contributed by atoms with Gasteiger partial charge in [-0.1, -0.05) is 25.3 Å². The molecule has 0 spiro atoms. The molecule has 11 heavy (non-hydrogen) atoms. The fourth-order valence-electron chi connectivity index (χ4n) is 1.25. The van der Waals surface area contributed by atoms with E-state index < -0.39 is 0 Å². The molecule has 0 N–H and O–H groups in total. The first-order valence-corrected chi connectivity index (χ1v) is 4.66. The summed E-state index contributed by atoms with van der Waals surface area (Å²) in [5.74, 6) is 0. The number of ether oxygens (including phenoxy) is 1. The Balaban J connectivity index is 1.69. The van der Waals surface area contributed by atoms with Gasteiger partial charge in [0.05, 0.1) is 12.7 Å². The molecule has 1 rings (SSSR count). The van der Waals surface area contributed by atoms with Crippen LogP contribution in [0.25, 0.3) is 0 Å². The topological polar surface area (TPSA) is 12.5 Å². The van der Waals surface area contributed by atoms with E-state index in [1.807, 2.05) is 6.08 Å². The Kier molecular flexibility index (Phi) is 4.29. The molecule has 1 heterocycles. The van der Waals surface area contributed by atoms with Crippen molar-refractivity contribution >= 4 is 0 Å². The summed E-state index contributed by atoms with van der Waals surface area (Å²) in [5, 5.41) is 0. The Hall–Kier alpha value is -0.300. The summed E-state index contributed by atoms with van der Waals surface area (Å²) in [6.45, 7) is 4.72. The highest BCUT2D eigenvalue weighted by atomic mass is 16.6. The number of epoxide rings is 1. The van der Waals surface area contributed by atoms with Crippen molar-refractivity contribution in [3.63, 3.8) is 0 Å². The highest BCUT2D eigenvalue weighted by molar-refractivity contribution is 4.69. The van der Waals surface area contributed by atoms with Crippen LogP contribution in [0.2, 0.25) is 0 Å². The summed E-state index contributed by atoms with van der Waals surface area (Å²) in [7, 11) is 0. The summed E-state index contributed by atoms with van der Waals surface area (Å²) < 4.78 is 5.12. The number of unbranched alkanes of at least 4 members (excludes halogenated alkanes) is 4. The van der Waals surface area contributed by atoms with Gasteiger partial charge in [0.2, 0.25) is 0 Å². The van der Waals surface area contributed by atoms with Crippen LogP contribution >= 0.6 is 0 Å². The van der Waals surface area contributed by atoms with Crippen molar-refractivity contribution in [2.24, 2.45) is 0 Å². The third kappa shape index (κ3) is 5.02. The third-order valence-corrected chi connectivity index (χ3v) is 2.09. The van der Waals surface area contributed by atoms with Gasteiger partial charge in [0.15, 0.2) is 0 Å². The lowest BCUT2D eigenvalue weighted by Crippen LogP contribution is -1.85. The zero-order chi connectivity index (χ0) is 7.94. The van der Waals surface area contributed by atoms with Crippen molar-refractivity contribution in [2.75, 3.05) is 6.61 Å². The highest BCUT2D eigenvalue weighted by Crippen LogP contribution is 2.17. The molecule has 0 aromatic rings. The van der Waals surface area contributed by atoms with Crippen molar-refractivity contribution in [2.45, 2.75) is 44.6 Å².